The average Bonchev–Trinajstić information content (AvgIpc) is 2.63. The lowest BCUT2D eigenvalue weighted by atomic mass is 9.64. The molecule has 0 bridgehead atoms. The van der Waals surface area contributed by atoms with E-state index in [1.54, 1.807) is 0 Å². The largest absolute Gasteiger partial charge is 0.389 e. The predicted octanol–water partition coefficient (Wildman–Crippen LogP) is 4.99. The Morgan fingerprint density at radius 1 is 0.920 bits per heavy atom. The molecule has 0 radical (unpaired) electrons. The molecule has 1 N–H and O–H groups in total. The van der Waals surface area contributed by atoms with E-state index in [1.807, 2.05) is 18.2 Å². The fourth-order valence-corrected chi connectivity index (χ4v) is 4.79. The zero-order valence-corrected chi connectivity index (χ0v) is 15.5. The van der Waals surface area contributed by atoms with E-state index in [2.05, 4.69) is 80.9 Å². The molecule has 1 aliphatic rings. The zero-order valence-electron chi connectivity index (χ0n) is 15.5. The van der Waals surface area contributed by atoms with Crippen LogP contribution in [-0.4, -0.2) is 22.7 Å². The molecule has 2 aromatic rings. The van der Waals surface area contributed by atoms with E-state index in [1.165, 1.54) is 11.1 Å². The fraction of sp³-hybridized carbons (Fsp3) is 0.391. The summed E-state index contributed by atoms with van der Waals surface area (Å²) in [6.45, 7) is 8.26. The van der Waals surface area contributed by atoms with E-state index < -0.39 is 5.60 Å². The minimum Gasteiger partial charge on any atom is -0.389 e. The maximum absolute atomic E-state index is 11.7. The first-order valence-electron chi connectivity index (χ1n) is 9.15. The molecule has 1 saturated heterocycles. The summed E-state index contributed by atoms with van der Waals surface area (Å²) in [6, 6.07) is 21.4. The molecule has 2 aromatic carbocycles. The molecule has 0 aliphatic carbocycles. The third-order valence-corrected chi connectivity index (χ3v) is 6.16. The molecule has 0 amide bonds. The van der Waals surface area contributed by atoms with Crippen molar-refractivity contribution in [3.05, 3.63) is 84.4 Å². The highest BCUT2D eigenvalue weighted by Gasteiger charge is 2.52. The summed E-state index contributed by atoms with van der Waals surface area (Å²) in [5.74, 6) is 0.209. The van der Waals surface area contributed by atoms with Crippen molar-refractivity contribution in [1.82, 2.24) is 4.90 Å². The maximum Gasteiger partial charge on any atom is 0.0769 e. The molecule has 1 heterocycles. The number of hydrogen-bond donors (Lipinski definition) is 1. The topological polar surface area (TPSA) is 23.5 Å². The molecule has 0 spiro atoms. The van der Waals surface area contributed by atoms with Gasteiger partial charge in [-0.1, -0.05) is 80.6 Å². The van der Waals surface area contributed by atoms with E-state index in [9.17, 15) is 5.11 Å². The number of hydrogen-bond acceptors (Lipinski definition) is 2. The number of nitrogens with zero attached hydrogens (tertiary/aromatic N) is 1. The first-order valence-corrected chi connectivity index (χ1v) is 9.15. The van der Waals surface area contributed by atoms with Gasteiger partial charge in [-0.3, -0.25) is 4.90 Å². The molecule has 25 heavy (non-hydrogen) atoms. The second-order valence-corrected chi connectivity index (χ2v) is 7.44. The van der Waals surface area contributed by atoms with Crippen molar-refractivity contribution in [2.75, 3.05) is 7.05 Å². The minimum atomic E-state index is -0.782. The van der Waals surface area contributed by atoms with Gasteiger partial charge in [0.05, 0.1) is 5.60 Å². The number of piperidine rings is 1. The highest BCUT2D eigenvalue weighted by Crippen LogP contribution is 2.53. The third-order valence-electron chi connectivity index (χ3n) is 6.16. The summed E-state index contributed by atoms with van der Waals surface area (Å²) in [7, 11) is 2.19. The lowest BCUT2D eigenvalue weighted by molar-refractivity contribution is -0.152. The van der Waals surface area contributed by atoms with Gasteiger partial charge in [-0.05, 0) is 24.6 Å². The van der Waals surface area contributed by atoms with Gasteiger partial charge in [-0.2, -0.15) is 0 Å². The van der Waals surface area contributed by atoms with Gasteiger partial charge in [-0.25, -0.2) is 0 Å². The monoisotopic (exact) mass is 335 g/mol. The zero-order chi connectivity index (χ0) is 18.0. The van der Waals surface area contributed by atoms with Gasteiger partial charge in [0.2, 0.25) is 0 Å². The van der Waals surface area contributed by atoms with Crippen LogP contribution in [0.1, 0.15) is 43.5 Å². The Morgan fingerprint density at radius 3 is 1.68 bits per heavy atom. The fourth-order valence-electron chi connectivity index (χ4n) is 4.79. The van der Waals surface area contributed by atoms with Crippen molar-refractivity contribution >= 4 is 0 Å². The van der Waals surface area contributed by atoms with Gasteiger partial charge in [-0.15, -0.1) is 6.58 Å². The summed E-state index contributed by atoms with van der Waals surface area (Å²) in [5.41, 5.74) is 1.73. The molecular formula is C23H29NO. The van der Waals surface area contributed by atoms with Crippen LogP contribution in [-0.2, 0) is 0 Å². The van der Waals surface area contributed by atoms with Crippen molar-refractivity contribution in [2.45, 2.75) is 38.0 Å². The minimum absolute atomic E-state index is 0.105. The van der Waals surface area contributed by atoms with Crippen molar-refractivity contribution in [1.29, 1.82) is 0 Å². The highest BCUT2D eigenvalue weighted by molar-refractivity contribution is 5.28. The van der Waals surface area contributed by atoms with Crippen LogP contribution in [0.4, 0.5) is 0 Å². The molecule has 1 unspecified atom stereocenters. The summed E-state index contributed by atoms with van der Waals surface area (Å²) in [5, 5.41) is 11.7. The summed E-state index contributed by atoms with van der Waals surface area (Å²) < 4.78 is 0. The second kappa shape index (κ2) is 7.15. The van der Waals surface area contributed by atoms with Gasteiger partial charge in [0.15, 0.2) is 0 Å². The standard InChI is InChI=1S/C23H29NO/c1-5-16-23(25)17(2)21(19-12-8-6-9-13-19)24(4)22(18(23)3)20-14-10-7-11-15-20/h5-15,17-18,21-22,25H,1,16H2,2-4H3/t17-,18+,21-,22-,23?/m1/s1. The molecule has 3 rings (SSSR count). The van der Waals surface area contributed by atoms with E-state index in [-0.39, 0.29) is 23.9 Å². The molecule has 132 valence electrons. The SMILES string of the molecule is C=CCC1(O)[C@H](C)[C@H](c2ccccc2)N(C)[C@@H](c2ccccc2)[C@@H]1C. The third kappa shape index (κ3) is 3.05. The highest BCUT2D eigenvalue weighted by atomic mass is 16.3. The van der Waals surface area contributed by atoms with Crippen molar-refractivity contribution < 1.29 is 5.11 Å². The summed E-state index contributed by atoms with van der Waals surface area (Å²) >= 11 is 0. The number of rotatable bonds is 4. The molecule has 5 atom stereocenters. The van der Waals surface area contributed by atoms with E-state index in [0.717, 1.165) is 0 Å². The Hall–Kier alpha value is -1.90. The van der Waals surface area contributed by atoms with Crippen LogP contribution in [0, 0.1) is 11.8 Å². The molecule has 0 saturated carbocycles. The Bertz CT molecular complexity index is 643. The summed E-state index contributed by atoms with van der Waals surface area (Å²) in [6.07, 6.45) is 2.47. The quantitative estimate of drug-likeness (QED) is 0.795. The van der Waals surface area contributed by atoms with E-state index in [4.69, 9.17) is 0 Å². The van der Waals surface area contributed by atoms with Gasteiger partial charge in [0, 0.05) is 23.9 Å². The van der Waals surface area contributed by atoms with E-state index in [0.29, 0.717) is 6.42 Å². The van der Waals surface area contributed by atoms with Crippen LogP contribution in [0.15, 0.2) is 73.3 Å². The van der Waals surface area contributed by atoms with Gasteiger partial charge in [0.1, 0.15) is 0 Å². The van der Waals surface area contributed by atoms with Crippen molar-refractivity contribution in [3.8, 4) is 0 Å². The number of likely N-dealkylation sites (tertiary alicyclic amines) is 1. The number of benzene rings is 2. The first kappa shape index (κ1) is 17.9. The lowest BCUT2D eigenvalue weighted by Gasteiger charge is -2.56. The first-order chi connectivity index (χ1) is 12.0. The number of aliphatic hydroxyl groups is 1. The molecule has 2 heteroatoms. The molecule has 1 aliphatic heterocycles. The van der Waals surface area contributed by atoms with Crippen LogP contribution < -0.4 is 0 Å². The Labute approximate surface area is 151 Å². The maximum atomic E-state index is 11.7. The summed E-state index contributed by atoms with van der Waals surface area (Å²) in [4.78, 5) is 2.44. The Balaban J connectivity index is 2.11. The van der Waals surface area contributed by atoms with Gasteiger partial charge < -0.3 is 5.11 Å². The Morgan fingerprint density at radius 2 is 1.32 bits per heavy atom. The van der Waals surface area contributed by atoms with Crippen molar-refractivity contribution in [3.63, 3.8) is 0 Å². The van der Waals surface area contributed by atoms with Crippen molar-refractivity contribution in [2.24, 2.45) is 11.8 Å². The molecule has 1 fully saturated rings. The second-order valence-electron chi connectivity index (χ2n) is 7.44. The Kier molecular flexibility index (Phi) is 5.12. The molecule has 0 aromatic heterocycles. The average molecular weight is 335 g/mol. The predicted molar refractivity (Wildman–Crippen MR) is 104 cm³/mol. The van der Waals surface area contributed by atoms with Crippen LogP contribution in [0.3, 0.4) is 0 Å². The van der Waals surface area contributed by atoms with Crippen LogP contribution in [0.2, 0.25) is 0 Å². The lowest BCUT2D eigenvalue weighted by Crippen LogP contribution is -2.57. The van der Waals surface area contributed by atoms with E-state index >= 15 is 0 Å². The van der Waals surface area contributed by atoms with Crippen LogP contribution in [0.25, 0.3) is 0 Å². The normalized spacial score (nSPS) is 33.1. The molecule has 2 nitrogen and oxygen atoms in total. The molecular weight excluding hydrogens is 306 g/mol. The van der Waals surface area contributed by atoms with Crippen LogP contribution >= 0.6 is 0 Å². The van der Waals surface area contributed by atoms with Gasteiger partial charge >= 0.3 is 0 Å². The smallest absolute Gasteiger partial charge is 0.0769 e. The van der Waals surface area contributed by atoms with Gasteiger partial charge in [0.25, 0.3) is 0 Å². The van der Waals surface area contributed by atoms with Crippen LogP contribution in [0.5, 0.6) is 0 Å².